The Hall–Kier alpha value is -1.68. The molecule has 1 aromatic heterocycles. The van der Waals surface area contributed by atoms with Gasteiger partial charge in [-0.3, -0.25) is 0 Å². The molecule has 1 heterocycles. The van der Waals surface area contributed by atoms with Crippen molar-refractivity contribution in [3.8, 4) is 5.88 Å². The van der Waals surface area contributed by atoms with Crippen molar-refractivity contribution in [1.82, 2.24) is 9.97 Å². The van der Waals surface area contributed by atoms with Crippen molar-refractivity contribution in [2.75, 3.05) is 7.11 Å². The highest BCUT2D eigenvalue weighted by molar-refractivity contribution is 5.79. The van der Waals surface area contributed by atoms with E-state index in [2.05, 4.69) is 16.9 Å². The number of methoxy groups -OCH3 is 1. The third-order valence-corrected chi connectivity index (χ3v) is 2.54. The van der Waals surface area contributed by atoms with Crippen molar-refractivity contribution in [3.63, 3.8) is 0 Å². The van der Waals surface area contributed by atoms with Gasteiger partial charge in [-0.25, -0.2) is 9.97 Å². The first kappa shape index (κ1) is 10.8. The molecule has 2 aromatic rings. The maximum absolute atomic E-state index is 9.16. The molecule has 2 rings (SSSR count). The molecule has 1 aromatic carbocycles. The van der Waals surface area contributed by atoms with Crippen molar-refractivity contribution in [2.45, 2.75) is 20.0 Å². The summed E-state index contributed by atoms with van der Waals surface area (Å²) in [5.41, 5.74) is 3.59. The van der Waals surface area contributed by atoms with Crippen LogP contribution >= 0.6 is 0 Å². The van der Waals surface area contributed by atoms with Crippen LogP contribution in [-0.4, -0.2) is 22.2 Å². The zero-order chi connectivity index (χ0) is 11.5. The van der Waals surface area contributed by atoms with Crippen molar-refractivity contribution in [3.05, 3.63) is 29.5 Å². The number of benzene rings is 1. The molecule has 0 radical (unpaired) electrons. The average Bonchev–Trinajstić information content (AvgIpc) is 2.36. The van der Waals surface area contributed by atoms with Gasteiger partial charge in [-0.05, 0) is 23.6 Å². The maximum atomic E-state index is 9.16. The van der Waals surface area contributed by atoms with Crippen molar-refractivity contribution in [1.29, 1.82) is 0 Å². The summed E-state index contributed by atoms with van der Waals surface area (Å²) in [6.07, 6.45) is 2.48. The van der Waals surface area contributed by atoms with Crippen molar-refractivity contribution < 1.29 is 9.84 Å². The van der Waals surface area contributed by atoms with Gasteiger partial charge in [0.15, 0.2) is 0 Å². The predicted molar refractivity (Wildman–Crippen MR) is 61.4 cm³/mol. The van der Waals surface area contributed by atoms with Gasteiger partial charge in [0.1, 0.15) is 0 Å². The number of nitrogens with zero attached hydrogens (tertiary/aromatic N) is 2. The SMILES string of the molecule is CCc1cc(CO)cc2nc(OC)cnc12. The first-order valence-electron chi connectivity index (χ1n) is 5.22. The van der Waals surface area contributed by atoms with E-state index >= 15 is 0 Å². The quantitative estimate of drug-likeness (QED) is 0.851. The Kier molecular flexibility index (Phi) is 3.01. The first-order chi connectivity index (χ1) is 7.78. The lowest BCUT2D eigenvalue weighted by molar-refractivity contribution is 0.282. The molecule has 84 valence electrons. The molecule has 0 amide bonds. The van der Waals surface area contributed by atoms with Gasteiger partial charge in [0.05, 0.1) is 30.9 Å². The van der Waals surface area contributed by atoms with Gasteiger partial charge in [-0.2, -0.15) is 0 Å². The summed E-state index contributed by atoms with van der Waals surface area (Å²) < 4.78 is 5.03. The van der Waals surface area contributed by atoms with E-state index in [1.807, 2.05) is 12.1 Å². The Bertz CT molecular complexity index is 506. The molecule has 1 N–H and O–H groups in total. The minimum atomic E-state index is 0.0157. The second kappa shape index (κ2) is 4.45. The lowest BCUT2D eigenvalue weighted by Gasteiger charge is -2.07. The fraction of sp³-hybridized carbons (Fsp3) is 0.333. The van der Waals surface area contributed by atoms with E-state index in [0.29, 0.717) is 5.88 Å². The summed E-state index contributed by atoms with van der Waals surface area (Å²) in [7, 11) is 1.56. The number of hydrogen-bond donors (Lipinski definition) is 1. The normalized spacial score (nSPS) is 10.7. The highest BCUT2D eigenvalue weighted by atomic mass is 16.5. The fourth-order valence-electron chi connectivity index (χ4n) is 1.70. The molecule has 4 heteroatoms. The van der Waals surface area contributed by atoms with E-state index in [0.717, 1.165) is 28.6 Å². The number of aromatic nitrogens is 2. The molecule has 16 heavy (non-hydrogen) atoms. The number of fused-ring (bicyclic) bond motifs is 1. The molecule has 0 aliphatic rings. The number of rotatable bonds is 3. The van der Waals surface area contributed by atoms with Crippen LogP contribution in [0.15, 0.2) is 18.3 Å². The van der Waals surface area contributed by atoms with Crippen molar-refractivity contribution in [2.24, 2.45) is 0 Å². The molecular weight excluding hydrogens is 204 g/mol. The minimum absolute atomic E-state index is 0.0157. The fourth-order valence-corrected chi connectivity index (χ4v) is 1.70. The molecule has 4 nitrogen and oxygen atoms in total. The molecule has 0 spiro atoms. The summed E-state index contributed by atoms with van der Waals surface area (Å²) in [4.78, 5) is 8.64. The maximum Gasteiger partial charge on any atom is 0.232 e. The number of hydrogen-bond acceptors (Lipinski definition) is 4. The second-order valence-electron chi connectivity index (χ2n) is 3.55. The summed E-state index contributed by atoms with van der Waals surface area (Å²) >= 11 is 0. The van der Waals surface area contributed by atoms with Gasteiger partial charge in [0.2, 0.25) is 5.88 Å². The van der Waals surface area contributed by atoms with Crippen molar-refractivity contribution >= 4 is 11.0 Å². The number of aliphatic hydroxyl groups excluding tert-OH is 1. The monoisotopic (exact) mass is 218 g/mol. The third kappa shape index (κ3) is 1.84. The summed E-state index contributed by atoms with van der Waals surface area (Å²) in [5, 5.41) is 9.16. The van der Waals surface area contributed by atoms with Crippen LogP contribution < -0.4 is 4.74 Å². The third-order valence-electron chi connectivity index (χ3n) is 2.54. The Morgan fingerprint density at radius 3 is 2.81 bits per heavy atom. The number of aliphatic hydroxyl groups is 1. The van der Waals surface area contributed by atoms with E-state index < -0.39 is 0 Å². The van der Waals surface area contributed by atoms with Gasteiger partial charge in [0, 0.05) is 0 Å². The van der Waals surface area contributed by atoms with Gasteiger partial charge in [-0.15, -0.1) is 0 Å². The van der Waals surface area contributed by atoms with Crippen LogP contribution in [-0.2, 0) is 13.0 Å². The first-order valence-corrected chi connectivity index (χ1v) is 5.22. The van der Waals surface area contributed by atoms with Gasteiger partial charge in [-0.1, -0.05) is 13.0 Å². The highest BCUT2D eigenvalue weighted by Crippen LogP contribution is 2.20. The smallest absolute Gasteiger partial charge is 0.232 e. The van der Waals surface area contributed by atoms with E-state index in [-0.39, 0.29) is 6.61 Å². The van der Waals surface area contributed by atoms with E-state index in [1.165, 1.54) is 0 Å². The molecule has 0 aliphatic heterocycles. The highest BCUT2D eigenvalue weighted by Gasteiger charge is 2.06. The molecular formula is C12H14N2O2. The molecule has 0 saturated heterocycles. The number of ether oxygens (including phenoxy) is 1. The van der Waals surface area contributed by atoms with Crippen LogP contribution in [0.2, 0.25) is 0 Å². The number of aryl methyl sites for hydroxylation is 1. The van der Waals surface area contributed by atoms with Crippen LogP contribution in [0, 0.1) is 0 Å². The van der Waals surface area contributed by atoms with Crippen LogP contribution in [0.25, 0.3) is 11.0 Å². The van der Waals surface area contributed by atoms with Crippen LogP contribution in [0.1, 0.15) is 18.1 Å². The Morgan fingerprint density at radius 2 is 2.19 bits per heavy atom. The summed E-state index contributed by atoms with van der Waals surface area (Å²) in [5.74, 6) is 0.490. The Balaban J connectivity index is 2.68. The molecule has 0 bridgehead atoms. The standard InChI is InChI=1S/C12H14N2O2/c1-3-9-4-8(7-15)5-10-12(9)13-6-11(14-10)16-2/h4-6,15H,3,7H2,1-2H3. The van der Waals surface area contributed by atoms with Crippen LogP contribution in [0.5, 0.6) is 5.88 Å². The van der Waals surface area contributed by atoms with E-state index in [1.54, 1.807) is 13.3 Å². The lowest BCUT2D eigenvalue weighted by Crippen LogP contribution is -1.96. The second-order valence-corrected chi connectivity index (χ2v) is 3.55. The van der Waals surface area contributed by atoms with Crippen LogP contribution in [0.4, 0.5) is 0 Å². The molecule has 0 saturated carbocycles. The lowest BCUT2D eigenvalue weighted by atomic mass is 10.1. The molecule has 0 fully saturated rings. The van der Waals surface area contributed by atoms with Gasteiger partial charge >= 0.3 is 0 Å². The van der Waals surface area contributed by atoms with E-state index in [4.69, 9.17) is 9.84 Å². The van der Waals surface area contributed by atoms with Gasteiger partial charge < -0.3 is 9.84 Å². The topological polar surface area (TPSA) is 55.2 Å². The van der Waals surface area contributed by atoms with E-state index in [9.17, 15) is 0 Å². The summed E-state index contributed by atoms with van der Waals surface area (Å²) in [6.45, 7) is 2.07. The molecule has 0 aliphatic carbocycles. The summed E-state index contributed by atoms with van der Waals surface area (Å²) in [6, 6.07) is 3.80. The molecule has 0 unspecified atom stereocenters. The largest absolute Gasteiger partial charge is 0.480 e. The molecule has 0 atom stereocenters. The zero-order valence-corrected chi connectivity index (χ0v) is 9.40. The zero-order valence-electron chi connectivity index (χ0n) is 9.40. The van der Waals surface area contributed by atoms with Crippen LogP contribution in [0.3, 0.4) is 0 Å². The van der Waals surface area contributed by atoms with Gasteiger partial charge in [0.25, 0.3) is 0 Å². The Labute approximate surface area is 93.9 Å². The predicted octanol–water partition coefficient (Wildman–Crippen LogP) is 1.69. The minimum Gasteiger partial charge on any atom is -0.480 e. The Morgan fingerprint density at radius 1 is 1.38 bits per heavy atom. The average molecular weight is 218 g/mol.